The van der Waals surface area contributed by atoms with Crippen molar-refractivity contribution in [1.82, 2.24) is 0 Å². The Morgan fingerprint density at radius 1 is 1.41 bits per heavy atom. The van der Waals surface area contributed by atoms with E-state index in [1.54, 1.807) is 0 Å². The number of anilines is 1. The number of carbonyl (C=O) groups is 1. The molecule has 17 heavy (non-hydrogen) atoms. The summed E-state index contributed by atoms with van der Waals surface area (Å²) in [4.78, 5) is 11.0. The van der Waals surface area contributed by atoms with Gasteiger partial charge in [0.05, 0.1) is 6.61 Å². The Balaban J connectivity index is 2.58. The number of carbonyl (C=O) groups excluding carboxylic acids is 1. The average molecular weight is 300 g/mol. The van der Waals surface area contributed by atoms with Gasteiger partial charge >= 0.3 is 0 Å². The van der Waals surface area contributed by atoms with Crippen LogP contribution in [0.4, 0.5) is 5.69 Å². The molecule has 0 aliphatic rings. The first-order valence-electron chi connectivity index (χ1n) is 5.70. The minimum atomic E-state index is -0.0652. The number of halogens is 1. The van der Waals surface area contributed by atoms with Crippen LogP contribution >= 0.6 is 15.9 Å². The van der Waals surface area contributed by atoms with E-state index in [1.165, 1.54) is 6.92 Å². The average Bonchev–Trinajstić information content (AvgIpc) is 2.28. The molecule has 0 aromatic heterocycles. The number of amides is 1. The Kier molecular flexibility index (Phi) is 6.05. The summed E-state index contributed by atoms with van der Waals surface area (Å²) >= 11 is 3.38. The first-order valence-corrected chi connectivity index (χ1v) is 6.82. The summed E-state index contributed by atoms with van der Waals surface area (Å²) in [7, 11) is 0. The third-order valence-electron chi connectivity index (χ3n) is 2.32. The fourth-order valence-corrected chi connectivity index (χ4v) is 1.80. The Morgan fingerprint density at radius 3 is 2.82 bits per heavy atom. The van der Waals surface area contributed by atoms with Crippen LogP contribution in [-0.2, 0) is 4.79 Å². The van der Waals surface area contributed by atoms with Crippen LogP contribution in [0.25, 0.3) is 0 Å². The van der Waals surface area contributed by atoms with Crippen molar-refractivity contribution in [2.75, 3.05) is 17.3 Å². The molecule has 0 saturated heterocycles. The molecular formula is C13H18BrNO2. The Hall–Kier alpha value is -1.03. The summed E-state index contributed by atoms with van der Waals surface area (Å²) in [6, 6.07) is 5.74. The number of hydrogen-bond acceptors (Lipinski definition) is 2. The van der Waals surface area contributed by atoms with Crippen molar-refractivity contribution in [3.05, 3.63) is 23.8 Å². The highest BCUT2D eigenvalue weighted by Crippen LogP contribution is 2.22. The molecule has 1 amide bonds. The molecule has 0 unspecified atom stereocenters. The van der Waals surface area contributed by atoms with E-state index in [0.717, 1.165) is 35.2 Å². The second-order valence-electron chi connectivity index (χ2n) is 3.90. The first-order chi connectivity index (χ1) is 8.13. The van der Waals surface area contributed by atoms with Gasteiger partial charge in [0.15, 0.2) is 0 Å². The SMILES string of the molecule is CC(=O)Nc1cc(OCCCCBr)ccc1C. The molecule has 0 spiro atoms. The van der Waals surface area contributed by atoms with Gasteiger partial charge < -0.3 is 10.1 Å². The zero-order valence-corrected chi connectivity index (χ0v) is 11.8. The van der Waals surface area contributed by atoms with Gasteiger partial charge in [0.2, 0.25) is 5.91 Å². The van der Waals surface area contributed by atoms with E-state index in [1.807, 2.05) is 25.1 Å². The van der Waals surface area contributed by atoms with Crippen LogP contribution in [0.15, 0.2) is 18.2 Å². The highest BCUT2D eigenvalue weighted by Gasteiger charge is 2.02. The van der Waals surface area contributed by atoms with Crippen molar-refractivity contribution >= 4 is 27.5 Å². The highest BCUT2D eigenvalue weighted by atomic mass is 79.9. The molecule has 0 bridgehead atoms. The van der Waals surface area contributed by atoms with Crippen molar-refractivity contribution in [1.29, 1.82) is 0 Å². The summed E-state index contributed by atoms with van der Waals surface area (Å²) in [5, 5.41) is 3.79. The van der Waals surface area contributed by atoms with Crippen LogP contribution in [0, 0.1) is 6.92 Å². The Bertz CT molecular complexity index is 380. The lowest BCUT2D eigenvalue weighted by Gasteiger charge is -2.10. The summed E-state index contributed by atoms with van der Waals surface area (Å²) in [6.45, 7) is 4.16. The predicted molar refractivity (Wildman–Crippen MR) is 74.0 cm³/mol. The molecule has 1 rings (SSSR count). The fourth-order valence-electron chi connectivity index (χ4n) is 1.40. The lowest BCUT2D eigenvalue weighted by Crippen LogP contribution is -2.07. The summed E-state index contributed by atoms with van der Waals surface area (Å²) in [6.07, 6.45) is 2.12. The molecule has 1 aromatic carbocycles. The molecule has 0 heterocycles. The van der Waals surface area contributed by atoms with E-state index in [0.29, 0.717) is 6.61 Å². The van der Waals surface area contributed by atoms with E-state index >= 15 is 0 Å². The summed E-state index contributed by atoms with van der Waals surface area (Å²) in [5.74, 6) is 0.735. The zero-order chi connectivity index (χ0) is 12.7. The lowest BCUT2D eigenvalue weighted by atomic mass is 10.2. The van der Waals surface area contributed by atoms with Crippen LogP contribution in [-0.4, -0.2) is 17.8 Å². The number of aryl methyl sites for hydroxylation is 1. The van der Waals surface area contributed by atoms with Gasteiger partial charge in [-0.1, -0.05) is 22.0 Å². The normalized spacial score (nSPS) is 10.1. The van der Waals surface area contributed by atoms with Crippen LogP contribution in [0.3, 0.4) is 0 Å². The summed E-state index contributed by atoms with van der Waals surface area (Å²) in [5.41, 5.74) is 1.85. The summed E-state index contributed by atoms with van der Waals surface area (Å²) < 4.78 is 5.61. The lowest BCUT2D eigenvalue weighted by molar-refractivity contribution is -0.114. The first kappa shape index (κ1) is 14.0. The molecular weight excluding hydrogens is 282 g/mol. The van der Waals surface area contributed by atoms with Crippen molar-refractivity contribution < 1.29 is 9.53 Å². The third kappa shape index (κ3) is 5.22. The standard InChI is InChI=1S/C13H18BrNO2/c1-10-5-6-12(17-8-4-3-7-14)9-13(10)15-11(2)16/h5-6,9H,3-4,7-8H2,1-2H3,(H,15,16). The Morgan fingerprint density at radius 2 is 2.18 bits per heavy atom. The monoisotopic (exact) mass is 299 g/mol. The molecule has 1 aromatic rings. The van der Waals surface area contributed by atoms with Crippen molar-refractivity contribution in [3.63, 3.8) is 0 Å². The van der Waals surface area contributed by atoms with Gasteiger partial charge in [-0.25, -0.2) is 0 Å². The predicted octanol–water partition coefficient (Wildman–Crippen LogP) is 3.51. The highest BCUT2D eigenvalue weighted by molar-refractivity contribution is 9.09. The largest absolute Gasteiger partial charge is 0.494 e. The smallest absolute Gasteiger partial charge is 0.221 e. The van der Waals surface area contributed by atoms with E-state index in [2.05, 4.69) is 21.2 Å². The van der Waals surface area contributed by atoms with Crippen LogP contribution in [0.5, 0.6) is 5.75 Å². The maximum Gasteiger partial charge on any atom is 0.221 e. The molecule has 0 saturated carbocycles. The van der Waals surface area contributed by atoms with Gasteiger partial charge in [0.1, 0.15) is 5.75 Å². The quantitative estimate of drug-likeness (QED) is 0.645. The second-order valence-corrected chi connectivity index (χ2v) is 4.70. The zero-order valence-electron chi connectivity index (χ0n) is 10.3. The van der Waals surface area contributed by atoms with Gasteiger partial charge in [-0.15, -0.1) is 0 Å². The van der Waals surface area contributed by atoms with Crippen molar-refractivity contribution in [3.8, 4) is 5.75 Å². The van der Waals surface area contributed by atoms with Crippen molar-refractivity contribution in [2.45, 2.75) is 26.7 Å². The van der Waals surface area contributed by atoms with Gasteiger partial charge in [-0.05, 0) is 31.4 Å². The van der Waals surface area contributed by atoms with E-state index in [4.69, 9.17) is 4.74 Å². The number of benzene rings is 1. The number of rotatable bonds is 6. The minimum Gasteiger partial charge on any atom is -0.494 e. The van der Waals surface area contributed by atoms with Crippen molar-refractivity contribution in [2.24, 2.45) is 0 Å². The number of nitrogens with one attached hydrogen (secondary N) is 1. The van der Waals surface area contributed by atoms with E-state index in [-0.39, 0.29) is 5.91 Å². The minimum absolute atomic E-state index is 0.0652. The van der Waals surface area contributed by atoms with Gasteiger partial charge in [-0.2, -0.15) is 0 Å². The number of hydrogen-bond donors (Lipinski definition) is 1. The maximum atomic E-state index is 11.0. The topological polar surface area (TPSA) is 38.3 Å². The molecule has 0 aliphatic heterocycles. The fraction of sp³-hybridized carbons (Fsp3) is 0.462. The molecule has 1 N–H and O–H groups in total. The van der Waals surface area contributed by atoms with Crippen LogP contribution in [0.2, 0.25) is 0 Å². The molecule has 0 radical (unpaired) electrons. The molecule has 0 aliphatic carbocycles. The third-order valence-corrected chi connectivity index (χ3v) is 2.88. The molecule has 4 heteroatoms. The molecule has 94 valence electrons. The number of ether oxygens (including phenoxy) is 1. The molecule has 0 atom stereocenters. The van der Waals surface area contributed by atoms with E-state index in [9.17, 15) is 4.79 Å². The van der Waals surface area contributed by atoms with Gasteiger partial charge in [0, 0.05) is 24.0 Å². The van der Waals surface area contributed by atoms with Crippen LogP contribution in [0.1, 0.15) is 25.3 Å². The van der Waals surface area contributed by atoms with Gasteiger partial charge in [0.25, 0.3) is 0 Å². The van der Waals surface area contributed by atoms with Crippen LogP contribution < -0.4 is 10.1 Å². The van der Waals surface area contributed by atoms with Gasteiger partial charge in [-0.3, -0.25) is 4.79 Å². The number of unbranched alkanes of at least 4 members (excludes halogenated alkanes) is 1. The Labute approximate surface area is 111 Å². The van der Waals surface area contributed by atoms with E-state index < -0.39 is 0 Å². The second kappa shape index (κ2) is 7.33. The molecule has 3 nitrogen and oxygen atoms in total. The number of alkyl halides is 1. The maximum absolute atomic E-state index is 11.0. The molecule has 0 fully saturated rings.